The number of thiocarbonyl (C=S) groups is 1. The Morgan fingerprint density at radius 3 is 2.56 bits per heavy atom. The topological polar surface area (TPSA) is 29.1 Å². The first-order chi connectivity index (χ1) is 13.1. The Morgan fingerprint density at radius 2 is 1.78 bits per heavy atom. The first-order valence-corrected chi connectivity index (χ1v) is 10.1. The summed E-state index contributed by atoms with van der Waals surface area (Å²) in [5.74, 6) is -0.109. The average molecular weight is 390 g/mol. The minimum Gasteiger partial charge on any atom is -0.307 e. The monoisotopic (exact) mass is 389 g/mol. The summed E-state index contributed by atoms with van der Waals surface area (Å²) in [5.41, 5.74) is 5.00. The van der Waals surface area contributed by atoms with Crippen LogP contribution in [0, 0.1) is 6.92 Å². The van der Waals surface area contributed by atoms with Crippen LogP contribution in [0.15, 0.2) is 65.6 Å². The van der Waals surface area contributed by atoms with Crippen LogP contribution in [0.5, 0.6) is 0 Å². The third kappa shape index (κ3) is 3.97. The van der Waals surface area contributed by atoms with Crippen molar-refractivity contribution in [1.29, 1.82) is 0 Å². The Morgan fingerprint density at radius 1 is 1.00 bits per heavy atom. The highest BCUT2D eigenvalue weighted by Gasteiger charge is 2.21. The third-order valence-electron chi connectivity index (χ3n) is 4.85. The van der Waals surface area contributed by atoms with Gasteiger partial charge in [0, 0.05) is 0 Å². The van der Waals surface area contributed by atoms with Crippen molar-refractivity contribution in [3.05, 3.63) is 87.8 Å². The maximum atomic E-state index is 11.8. The quantitative estimate of drug-likeness (QED) is 0.477. The smallest absolute Gasteiger partial charge is 0.263 e. The maximum Gasteiger partial charge on any atom is 0.263 e. The zero-order valence-corrected chi connectivity index (χ0v) is 16.6. The molecule has 0 atom stereocenters. The van der Waals surface area contributed by atoms with E-state index in [1.807, 2.05) is 6.08 Å². The first-order valence-electron chi connectivity index (χ1n) is 8.91. The number of amides is 1. The zero-order chi connectivity index (χ0) is 18.8. The molecule has 1 aliphatic rings. The number of hydrogen-bond donors (Lipinski definition) is 1. The maximum absolute atomic E-state index is 11.8. The molecule has 1 aliphatic heterocycles. The van der Waals surface area contributed by atoms with Crippen LogP contribution in [-0.4, -0.2) is 10.2 Å². The van der Waals surface area contributed by atoms with Gasteiger partial charge in [-0.3, -0.25) is 4.79 Å². The van der Waals surface area contributed by atoms with E-state index < -0.39 is 0 Å². The molecule has 134 valence electrons. The molecule has 0 aliphatic carbocycles. The van der Waals surface area contributed by atoms with E-state index in [1.165, 1.54) is 39.2 Å². The molecule has 0 unspecified atom stereocenters. The van der Waals surface area contributed by atoms with Crippen molar-refractivity contribution in [1.82, 2.24) is 5.32 Å². The number of benzene rings is 3. The van der Waals surface area contributed by atoms with Crippen molar-refractivity contribution in [2.75, 3.05) is 0 Å². The Labute approximate surface area is 168 Å². The lowest BCUT2D eigenvalue weighted by Crippen LogP contribution is -2.17. The van der Waals surface area contributed by atoms with Crippen molar-refractivity contribution < 1.29 is 4.79 Å². The molecule has 2 nitrogen and oxygen atoms in total. The second kappa shape index (κ2) is 7.67. The molecular formula is C23H19NOS2. The molecule has 1 saturated heterocycles. The second-order valence-electron chi connectivity index (χ2n) is 6.68. The van der Waals surface area contributed by atoms with Crippen LogP contribution in [0.4, 0.5) is 0 Å². The van der Waals surface area contributed by atoms with E-state index >= 15 is 0 Å². The summed E-state index contributed by atoms with van der Waals surface area (Å²) in [7, 11) is 0. The number of rotatable bonds is 4. The van der Waals surface area contributed by atoms with Crippen molar-refractivity contribution in [3.8, 4) is 0 Å². The normalized spacial score (nSPS) is 15.5. The standard InChI is InChI=1S/C23H19NOS2/c1-15-13-16(14-21-22(25)24-23(26)27-21)9-10-17(15)11-12-19-7-4-6-18-5-2-3-8-20(18)19/h2-10,13-14H,11-12H2,1H3,(H,24,25,26)/b21-14-. The molecule has 0 saturated carbocycles. The fraction of sp³-hybridized carbons (Fsp3) is 0.130. The van der Waals surface area contributed by atoms with Gasteiger partial charge in [0.2, 0.25) is 0 Å². The molecule has 4 rings (SSSR count). The third-order valence-corrected chi connectivity index (χ3v) is 6.01. The predicted molar refractivity (Wildman–Crippen MR) is 119 cm³/mol. The van der Waals surface area contributed by atoms with Gasteiger partial charge >= 0.3 is 0 Å². The second-order valence-corrected chi connectivity index (χ2v) is 8.40. The first kappa shape index (κ1) is 18.0. The van der Waals surface area contributed by atoms with Crippen LogP contribution < -0.4 is 5.32 Å². The summed E-state index contributed by atoms with van der Waals surface area (Å²) in [6, 6.07) is 21.4. The van der Waals surface area contributed by atoms with Gasteiger partial charge in [-0.25, -0.2) is 0 Å². The number of fused-ring (bicyclic) bond motifs is 1. The summed E-state index contributed by atoms with van der Waals surface area (Å²) < 4.78 is 0.523. The van der Waals surface area contributed by atoms with Gasteiger partial charge in [0.05, 0.1) is 4.91 Å². The fourth-order valence-electron chi connectivity index (χ4n) is 3.44. The molecule has 1 N–H and O–H groups in total. The van der Waals surface area contributed by atoms with Gasteiger partial charge in [0.15, 0.2) is 0 Å². The average Bonchev–Trinajstić information content (AvgIpc) is 2.98. The summed E-state index contributed by atoms with van der Waals surface area (Å²) in [6.07, 6.45) is 3.91. The van der Waals surface area contributed by atoms with E-state index in [9.17, 15) is 4.79 Å². The molecule has 27 heavy (non-hydrogen) atoms. The van der Waals surface area contributed by atoms with Crippen molar-refractivity contribution >= 4 is 51.1 Å². The largest absolute Gasteiger partial charge is 0.307 e. The van der Waals surface area contributed by atoms with Gasteiger partial charge in [-0.05, 0) is 58.9 Å². The Balaban J connectivity index is 1.52. The minimum atomic E-state index is -0.109. The van der Waals surface area contributed by atoms with Gasteiger partial charge in [0.1, 0.15) is 4.32 Å². The van der Waals surface area contributed by atoms with Crippen LogP contribution >= 0.6 is 24.0 Å². The van der Waals surface area contributed by atoms with Gasteiger partial charge in [-0.2, -0.15) is 0 Å². The Hall–Kier alpha value is -2.43. The Bertz CT molecular complexity index is 1080. The van der Waals surface area contributed by atoms with Crippen LogP contribution in [-0.2, 0) is 17.6 Å². The minimum absolute atomic E-state index is 0.109. The molecule has 4 heteroatoms. The molecule has 3 aromatic rings. The van der Waals surface area contributed by atoms with Gasteiger partial charge in [-0.1, -0.05) is 84.6 Å². The summed E-state index contributed by atoms with van der Waals surface area (Å²) in [4.78, 5) is 12.5. The molecule has 0 bridgehead atoms. The highest BCUT2D eigenvalue weighted by molar-refractivity contribution is 8.26. The lowest BCUT2D eigenvalue weighted by molar-refractivity contribution is -0.115. The molecule has 1 amide bonds. The number of aryl methyl sites for hydroxylation is 3. The Kier molecular flexibility index (Phi) is 5.10. The summed E-state index contributed by atoms with van der Waals surface area (Å²) in [5, 5.41) is 5.28. The van der Waals surface area contributed by atoms with Crippen LogP contribution in [0.25, 0.3) is 16.8 Å². The fourth-order valence-corrected chi connectivity index (χ4v) is 4.49. The van der Waals surface area contributed by atoms with Crippen LogP contribution in [0.1, 0.15) is 22.3 Å². The SMILES string of the molecule is Cc1cc(/C=C2\SC(=S)NC2=O)ccc1CCc1cccc2ccccc12. The molecule has 1 fully saturated rings. The summed E-state index contributed by atoms with van der Waals surface area (Å²) in [6.45, 7) is 2.13. The summed E-state index contributed by atoms with van der Waals surface area (Å²) >= 11 is 6.36. The highest BCUT2D eigenvalue weighted by atomic mass is 32.2. The molecule has 1 heterocycles. The van der Waals surface area contributed by atoms with Gasteiger partial charge in [0.25, 0.3) is 5.91 Å². The van der Waals surface area contributed by atoms with E-state index in [1.54, 1.807) is 0 Å². The lowest BCUT2D eigenvalue weighted by atomic mass is 9.96. The number of thioether (sulfide) groups is 1. The number of nitrogens with one attached hydrogen (secondary N) is 1. The highest BCUT2D eigenvalue weighted by Crippen LogP contribution is 2.27. The van der Waals surface area contributed by atoms with Crippen molar-refractivity contribution in [2.45, 2.75) is 19.8 Å². The number of carbonyl (C=O) groups excluding carboxylic acids is 1. The number of carbonyl (C=O) groups is 1. The van der Waals surface area contributed by atoms with E-state index in [2.05, 4.69) is 72.9 Å². The van der Waals surface area contributed by atoms with E-state index in [0.717, 1.165) is 18.4 Å². The van der Waals surface area contributed by atoms with E-state index in [4.69, 9.17) is 12.2 Å². The predicted octanol–water partition coefficient (Wildman–Crippen LogP) is 5.42. The zero-order valence-electron chi connectivity index (χ0n) is 15.0. The van der Waals surface area contributed by atoms with Gasteiger partial charge in [-0.15, -0.1) is 0 Å². The van der Waals surface area contributed by atoms with Crippen molar-refractivity contribution in [2.24, 2.45) is 0 Å². The van der Waals surface area contributed by atoms with Gasteiger partial charge < -0.3 is 5.32 Å². The van der Waals surface area contributed by atoms with Crippen LogP contribution in [0.2, 0.25) is 0 Å². The van der Waals surface area contributed by atoms with Crippen molar-refractivity contribution in [3.63, 3.8) is 0 Å². The molecular weight excluding hydrogens is 370 g/mol. The van der Waals surface area contributed by atoms with E-state index in [0.29, 0.717) is 9.23 Å². The molecule has 3 aromatic carbocycles. The molecule has 0 radical (unpaired) electrons. The van der Waals surface area contributed by atoms with E-state index in [-0.39, 0.29) is 5.91 Å². The molecule has 0 aromatic heterocycles. The van der Waals surface area contributed by atoms with Crippen LogP contribution in [0.3, 0.4) is 0 Å². The number of hydrogen-bond acceptors (Lipinski definition) is 3. The molecule has 0 spiro atoms. The lowest BCUT2D eigenvalue weighted by Gasteiger charge is -2.10.